The predicted molar refractivity (Wildman–Crippen MR) is 125 cm³/mol. The molecule has 3 aromatic rings. The second-order valence-corrected chi connectivity index (χ2v) is 10.3. The van der Waals surface area contributed by atoms with Crippen molar-refractivity contribution in [1.29, 1.82) is 0 Å². The van der Waals surface area contributed by atoms with E-state index in [1.54, 1.807) is 31.3 Å². The summed E-state index contributed by atoms with van der Waals surface area (Å²) < 4.78 is 48.7. The van der Waals surface area contributed by atoms with Crippen molar-refractivity contribution in [1.82, 2.24) is 19.2 Å². The Kier molecular flexibility index (Phi) is 7.11. The molecule has 4 rings (SSSR count). The maximum atomic E-state index is 15.2. The second kappa shape index (κ2) is 10.0. The van der Waals surface area contributed by atoms with Gasteiger partial charge in [-0.25, -0.2) is 16.8 Å². The summed E-state index contributed by atoms with van der Waals surface area (Å²) in [5.41, 5.74) is 1.17. The molecule has 176 valence electrons. The average molecular weight is 473 g/mol. The van der Waals surface area contributed by atoms with Gasteiger partial charge >= 0.3 is 0 Å². The summed E-state index contributed by atoms with van der Waals surface area (Å²) in [5, 5.41) is 3.00. The van der Waals surface area contributed by atoms with E-state index in [0.717, 1.165) is 35.5 Å². The maximum absolute atomic E-state index is 15.2. The first-order valence-electron chi connectivity index (χ1n) is 11.0. The highest BCUT2D eigenvalue weighted by Crippen LogP contribution is 2.31. The van der Waals surface area contributed by atoms with Crippen LogP contribution in [0.25, 0.3) is 11.3 Å². The molecule has 1 aliphatic rings. The van der Waals surface area contributed by atoms with Gasteiger partial charge in [-0.3, -0.25) is 4.98 Å². The number of aromatic nitrogens is 2. The highest BCUT2D eigenvalue weighted by atomic mass is 32.2. The molecule has 2 aromatic heterocycles. The Morgan fingerprint density at radius 1 is 1.21 bits per heavy atom. The van der Waals surface area contributed by atoms with Crippen LogP contribution in [0.5, 0.6) is 5.75 Å². The number of halogens is 1. The van der Waals surface area contributed by atoms with Crippen LogP contribution in [0.2, 0.25) is 0 Å². The Morgan fingerprint density at radius 2 is 2.00 bits per heavy atom. The van der Waals surface area contributed by atoms with E-state index < -0.39 is 15.8 Å². The van der Waals surface area contributed by atoms with Gasteiger partial charge < -0.3 is 15.0 Å². The van der Waals surface area contributed by atoms with Crippen LogP contribution in [0.4, 0.5) is 4.39 Å². The number of piperidine rings is 1. The number of pyridine rings is 1. The van der Waals surface area contributed by atoms with Gasteiger partial charge in [0.25, 0.3) is 10.0 Å². The number of nitrogens with zero attached hydrogens (tertiary/aromatic N) is 3. The third-order valence-electron chi connectivity index (χ3n) is 5.96. The van der Waals surface area contributed by atoms with Gasteiger partial charge in [-0.05, 0) is 81.8 Å². The van der Waals surface area contributed by atoms with Crippen LogP contribution in [0.3, 0.4) is 0 Å². The average Bonchev–Trinajstić information content (AvgIpc) is 3.24. The van der Waals surface area contributed by atoms with Crippen molar-refractivity contribution < 1.29 is 17.5 Å². The third-order valence-corrected chi connectivity index (χ3v) is 7.61. The minimum absolute atomic E-state index is 0.0383. The molecule has 0 spiro atoms. The number of hydrogen-bond acceptors (Lipinski definition) is 6. The molecule has 1 aliphatic heterocycles. The van der Waals surface area contributed by atoms with Crippen molar-refractivity contribution in [2.45, 2.75) is 24.3 Å². The molecule has 3 heterocycles. The lowest BCUT2D eigenvalue weighted by Crippen LogP contribution is -2.32. The Labute approximate surface area is 194 Å². The normalized spacial score (nSPS) is 15.6. The second-order valence-electron chi connectivity index (χ2n) is 8.45. The molecule has 0 amide bonds. The van der Waals surface area contributed by atoms with E-state index in [2.05, 4.69) is 22.2 Å². The highest BCUT2D eigenvalue weighted by Gasteiger charge is 2.24. The molecule has 0 saturated carbocycles. The van der Waals surface area contributed by atoms with Crippen molar-refractivity contribution in [3.05, 3.63) is 66.4 Å². The standard InChI is InChI=1S/C24H29FN4O3S/c1-26-14-19-12-24(29(16-19)33(30,31)21-4-3-9-27-15-21)22-6-5-20(13-23(22)25)32-17-18-7-10-28(2)11-8-18/h3-6,9,12-13,15-16,18,26H,7-8,10-11,14,17H2,1-2H3. The minimum Gasteiger partial charge on any atom is -0.493 e. The van der Waals surface area contributed by atoms with Gasteiger partial charge in [0.1, 0.15) is 16.5 Å². The Balaban J connectivity index is 1.62. The van der Waals surface area contributed by atoms with Crippen molar-refractivity contribution >= 4 is 10.0 Å². The van der Waals surface area contributed by atoms with E-state index in [1.807, 2.05) is 0 Å². The summed E-state index contributed by atoms with van der Waals surface area (Å²) in [6, 6.07) is 9.31. The first-order valence-corrected chi connectivity index (χ1v) is 12.4. The lowest BCUT2D eigenvalue weighted by molar-refractivity contribution is 0.160. The van der Waals surface area contributed by atoms with Crippen LogP contribution in [-0.2, 0) is 16.6 Å². The molecule has 0 radical (unpaired) electrons. The summed E-state index contributed by atoms with van der Waals surface area (Å²) in [5.74, 6) is 0.362. The molecule has 0 atom stereocenters. The van der Waals surface area contributed by atoms with Gasteiger partial charge in [0.05, 0.1) is 12.3 Å². The molecule has 1 aromatic carbocycles. The minimum atomic E-state index is -3.95. The molecule has 33 heavy (non-hydrogen) atoms. The largest absolute Gasteiger partial charge is 0.493 e. The van der Waals surface area contributed by atoms with Gasteiger partial charge in [-0.15, -0.1) is 0 Å². The number of nitrogens with one attached hydrogen (secondary N) is 1. The lowest BCUT2D eigenvalue weighted by Gasteiger charge is -2.28. The van der Waals surface area contributed by atoms with Gasteiger partial charge in [0.15, 0.2) is 0 Å². The Hall–Kier alpha value is -2.75. The fraction of sp³-hybridized carbons (Fsp3) is 0.375. The highest BCUT2D eigenvalue weighted by molar-refractivity contribution is 7.90. The van der Waals surface area contributed by atoms with Crippen LogP contribution < -0.4 is 10.1 Å². The van der Waals surface area contributed by atoms with E-state index in [4.69, 9.17) is 4.74 Å². The van der Waals surface area contributed by atoms with Crippen LogP contribution in [-0.4, -0.2) is 56.1 Å². The molecule has 0 bridgehead atoms. The number of ether oxygens (including phenoxy) is 1. The zero-order valence-electron chi connectivity index (χ0n) is 18.9. The smallest absolute Gasteiger partial charge is 0.269 e. The summed E-state index contributed by atoms with van der Waals surface area (Å²) in [7, 11) is -0.0707. The van der Waals surface area contributed by atoms with Gasteiger partial charge in [0, 0.05) is 36.8 Å². The lowest BCUT2D eigenvalue weighted by atomic mass is 9.98. The molecular formula is C24H29FN4O3S. The molecule has 1 fully saturated rings. The van der Waals surface area contributed by atoms with Crippen LogP contribution >= 0.6 is 0 Å². The van der Waals surface area contributed by atoms with Gasteiger partial charge in [0.2, 0.25) is 0 Å². The zero-order valence-corrected chi connectivity index (χ0v) is 19.7. The zero-order chi connectivity index (χ0) is 23.4. The van der Waals surface area contributed by atoms with Crippen molar-refractivity contribution in [3.63, 3.8) is 0 Å². The van der Waals surface area contributed by atoms with E-state index in [9.17, 15) is 8.42 Å². The van der Waals surface area contributed by atoms with Crippen molar-refractivity contribution in [3.8, 4) is 17.0 Å². The van der Waals surface area contributed by atoms with E-state index >= 15 is 4.39 Å². The van der Waals surface area contributed by atoms with Gasteiger partial charge in [-0.1, -0.05) is 0 Å². The van der Waals surface area contributed by atoms with E-state index in [1.165, 1.54) is 30.7 Å². The third kappa shape index (κ3) is 5.26. The molecule has 0 aliphatic carbocycles. The van der Waals surface area contributed by atoms with E-state index in [-0.39, 0.29) is 16.2 Å². The predicted octanol–water partition coefficient (Wildman–Crippen LogP) is 3.37. The van der Waals surface area contributed by atoms with Crippen molar-refractivity contribution in [2.24, 2.45) is 5.92 Å². The van der Waals surface area contributed by atoms with Crippen LogP contribution in [0.15, 0.2) is 59.9 Å². The molecular weight excluding hydrogens is 443 g/mol. The monoisotopic (exact) mass is 472 g/mol. The quantitative estimate of drug-likeness (QED) is 0.542. The summed E-state index contributed by atoms with van der Waals surface area (Å²) >= 11 is 0. The molecule has 9 heteroatoms. The van der Waals surface area contributed by atoms with Crippen LogP contribution in [0.1, 0.15) is 18.4 Å². The fourth-order valence-corrected chi connectivity index (χ4v) is 5.40. The molecule has 1 saturated heterocycles. The first kappa shape index (κ1) is 23.4. The topological polar surface area (TPSA) is 76.5 Å². The number of rotatable bonds is 8. The van der Waals surface area contributed by atoms with Crippen LogP contribution in [0, 0.1) is 11.7 Å². The molecule has 0 unspecified atom stereocenters. The molecule has 7 nitrogen and oxygen atoms in total. The van der Waals surface area contributed by atoms with Crippen molar-refractivity contribution in [2.75, 3.05) is 33.8 Å². The SMILES string of the molecule is CNCc1cc(-c2ccc(OCC3CCN(C)CC3)cc2F)n(S(=O)(=O)c2cccnc2)c1. The molecule has 1 N–H and O–H groups in total. The Morgan fingerprint density at radius 3 is 2.67 bits per heavy atom. The first-order chi connectivity index (χ1) is 15.9. The number of hydrogen-bond donors (Lipinski definition) is 1. The number of benzene rings is 1. The summed E-state index contributed by atoms with van der Waals surface area (Å²) in [4.78, 5) is 6.25. The summed E-state index contributed by atoms with van der Waals surface area (Å²) in [6.45, 7) is 3.07. The van der Waals surface area contributed by atoms with E-state index in [0.29, 0.717) is 24.8 Å². The summed E-state index contributed by atoms with van der Waals surface area (Å²) in [6.07, 6.45) is 6.42. The fourth-order valence-electron chi connectivity index (χ4n) is 4.04. The van der Waals surface area contributed by atoms with Gasteiger partial charge in [-0.2, -0.15) is 0 Å². The maximum Gasteiger partial charge on any atom is 0.269 e. The number of likely N-dealkylation sites (tertiary alicyclic amines) is 1. The Bertz CT molecular complexity index is 1190.